The van der Waals surface area contributed by atoms with Crippen molar-refractivity contribution in [1.82, 2.24) is 4.57 Å². The van der Waals surface area contributed by atoms with Crippen molar-refractivity contribution in [3.05, 3.63) is 176 Å². The number of fused-ring (bicyclic) bond motifs is 9. The van der Waals surface area contributed by atoms with Gasteiger partial charge in [0.15, 0.2) is 0 Å². The summed E-state index contributed by atoms with van der Waals surface area (Å²) in [5.74, 6) is 0. The van der Waals surface area contributed by atoms with Gasteiger partial charge in [-0.2, -0.15) is 0 Å². The molecule has 238 valence electrons. The monoisotopic (exact) mass is 683 g/mol. The van der Waals surface area contributed by atoms with Crippen LogP contribution in [0, 0.1) is 0 Å². The van der Waals surface area contributed by atoms with Crippen LogP contribution in [0.3, 0.4) is 0 Å². The van der Waals surface area contributed by atoms with Crippen molar-refractivity contribution < 1.29 is 0 Å². The van der Waals surface area contributed by atoms with E-state index < -0.39 is 0 Å². The van der Waals surface area contributed by atoms with E-state index in [1.807, 2.05) is 22.7 Å². The first-order valence-electron chi connectivity index (χ1n) is 17.3. The average molecular weight is 684 g/mol. The van der Waals surface area contributed by atoms with Crippen LogP contribution in [0.4, 0.5) is 0 Å². The number of hydrogen-bond acceptors (Lipinski definition) is 2. The number of aromatic nitrogens is 1. The van der Waals surface area contributed by atoms with E-state index in [1.54, 1.807) is 0 Å². The van der Waals surface area contributed by atoms with Crippen molar-refractivity contribution >= 4 is 84.8 Å². The van der Waals surface area contributed by atoms with Crippen molar-refractivity contribution in [2.45, 2.75) is 0 Å². The maximum atomic E-state index is 2.46. The standard InChI is InChI=1S/C48H29NS2/c1-2-10-30(11-3-1)31-18-22-35(23-19-31)49-42-15-7-4-14-38(42)48-39(33-21-25-47-41(27-33)37-13-6-9-17-45(37)51-47)28-34(29-43(48)49)32-20-24-46-40(26-32)36-12-5-8-16-44(36)50-46/h1-29H. The summed E-state index contributed by atoms with van der Waals surface area (Å²) in [5, 5.41) is 7.82. The molecule has 11 rings (SSSR count). The molecule has 0 saturated carbocycles. The highest BCUT2D eigenvalue weighted by atomic mass is 32.1. The van der Waals surface area contributed by atoms with E-state index >= 15 is 0 Å². The summed E-state index contributed by atoms with van der Waals surface area (Å²) in [6.45, 7) is 0. The van der Waals surface area contributed by atoms with Crippen LogP contribution >= 0.6 is 22.7 Å². The van der Waals surface area contributed by atoms with Gasteiger partial charge in [0.2, 0.25) is 0 Å². The summed E-state index contributed by atoms with van der Waals surface area (Å²) in [6, 6.07) is 65.1. The predicted octanol–water partition coefficient (Wildman–Crippen LogP) is 14.5. The zero-order valence-corrected chi connectivity index (χ0v) is 29.1. The minimum Gasteiger partial charge on any atom is -0.309 e. The highest BCUT2D eigenvalue weighted by Gasteiger charge is 2.20. The Kier molecular flexibility index (Phi) is 6.36. The second-order valence-electron chi connectivity index (χ2n) is 13.3. The van der Waals surface area contributed by atoms with E-state index in [9.17, 15) is 0 Å². The number of para-hydroxylation sites is 1. The van der Waals surface area contributed by atoms with Crippen LogP contribution in [0.25, 0.3) is 101 Å². The van der Waals surface area contributed by atoms with Crippen molar-refractivity contribution in [3.8, 4) is 39.1 Å². The number of thiophene rings is 2. The summed E-state index contributed by atoms with van der Waals surface area (Å²) in [5.41, 5.74) is 11.0. The largest absolute Gasteiger partial charge is 0.309 e. The van der Waals surface area contributed by atoms with Gasteiger partial charge in [-0.3, -0.25) is 0 Å². The van der Waals surface area contributed by atoms with E-state index in [-0.39, 0.29) is 0 Å². The lowest BCUT2D eigenvalue weighted by molar-refractivity contribution is 1.18. The third-order valence-corrected chi connectivity index (χ3v) is 12.7. The van der Waals surface area contributed by atoms with Gasteiger partial charge in [0.25, 0.3) is 0 Å². The second-order valence-corrected chi connectivity index (χ2v) is 15.5. The highest BCUT2D eigenvalue weighted by molar-refractivity contribution is 7.26. The Morgan fingerprint density at radius 2 is 0.843 bits per heavy atom. The Balaban J connectivity index is 1.21. The molecule has 0 bridgehead atoms. The number of rotatable bonds is 4. The predicted molar refractivity (Wildman–Crippen MR) is 223 cm³/mol. The lowest BCUT2D eigenvalue weighted by Gasteiger charge is -2.13. The van der Waals surface area contributed by atoms with E-state index in [0.29, 0.717) is 0 Å². The van der Waals surface area contributed by atoms with Gasteiger partial charge >= 0.3 is 0 Å². The molecular formula is C48H29NS2. The molecular weight excluding hydrogens is 655 g/mol. The van der Waals surface area contributed by atoms with E-state index in [4.69, 9.17) is 0 Å². The van der Waals surface area contributed by atoms with Crippen LogP contribution in [0.15, 0.2) is 176 Å². The minimum atomic E-state index is 1.16. The molecule has 0 aliphatic rings. The maximum Gasteiger partial charge on any atom is 0.0553 e. The smallest absolute Gasteiger partial charge is 0.0553 e. The zero-order valence-electron chi connectivity index (χ0n) is 27.5. The maximum absolute atomic E-state index is 2.46. The third-order valence-electron chi connectivity index (χ3n) is 10.4. The summed E-state index contributed by atoms with van der Waals surface area (Å²) in [6.07, 6.45) is 0. The van der Waals surface area contributed by atoms with Crippen LogP contribution < -0.4 is 0 Å². The number of hydrogen-bond donors (Lipinski definition) is 0. The van der Waals surface area contributed by atoms with Crippen LogP contribution in [0.2, 0.25) is 0 Å². The molecule has 0 fully saturated rings. The van der Waals surface area contributed by atoms with Gasteiger partial charge < -0.3 is 4.57 Å². The van der Waals surface area contributed by atoms with Gasteiger partial charge in [-0.15, -0.1) is 22.7 Å². The average Bonchev–Trinajstić information content (AvgIpc) is 3.87. The Morgan fingerprint density at radius 1 is 0.314 bits per heavy atom. The van der Waals surface area contributed by atoms with Crippen LogP contribution in [0.1, 0.15) is 0 Å². The molecule has 51 heavy (non-hydrogen) atoms. The van der Waals surface area contributed by atoms with Gasteiger partial charge in [0.1, 0.15) is 0 Å². The Labute approximate surface area is 302 Å². The molecule has 11 aromatic rings. The molecule has 0 radical (unpaired) electrons. The quantitative estimate of drug-likeness (QED) is 0.174. The minimum absolute atomic E-state index is 1.16. The topological polar surface area (TPSA) is 4.93 Å². The van der Waals surface area contributed by atoms with E-state index in [2.05, 4.69) is 180 Å². The highest BCUT2D eigenvalue weighted by Crippen LogP contribution is 2.45. The summed E-state index contributed by atoms with van der Waals surface area (Å²) < 4.78 is 7.77. The molecule has 3 aromatic heterocycles. The summed E-state index contributed by atoms with van der Waals surface area (Å²) in [4.78, 5) is 0. The van der Waals surface area contributed by atoms with Gasteiger partial charge in [-0.05, 0) is 100 Å². The molecule has 0 unspecified atom stereocenters. The van der Waals surface area contributed by atoms with Crippen LogP contribution in [-0.2, 0) is 0 Å². The van der Waals surface area contributed by atoms with Crippen molar-refractivity contribution in [2.24, 2.45) is 0 Å². The first kappa shape index (κ1) is 28.8. The molecule has 0 spiro atoms. The molecule has 0 N–H and O–H groups in total. The second kappa shape index (κ2) is 11.3. The van der Waals surface area contributed by atoms with Crippen LogP contribution in [-0.4, -0.2) is 4.57 Å². The van der Waals surface area contributed by atoms with Crippen LogP contribution in [0.5, 0.6) is 0 Å². The molecule has 3 heterocycles. The molecule has 0 atom stereocenters. The summed E-state index contributed by atoms with van der Waals surface area (Å²) in [7, 11) is 0. The lowest BCUT2D eigenvalue weighted by Crippen LogP contribution is -1.94. The molecule has 0 aliphatic heterocycles. The third kappa shape index (κ3) is 4.52. The van der Waals surface area contributed by atoms with Crippen molar-refractivity contribution in [3.63, 3.8) is 0 Å². The zero-order chi connectivity index (χ0) is 33.5. The first-order chi connectivity index (χ1) is 25.3. The van der Waals surface area contributed by atoms with Gasteiger partial charge in [0.05, 0.1) is 11.0 Å². The molecule has 0 aliphatic carbocycles. The van der Waals surface area contributed by atoms with Crippen molar-refractivity contribution in [2.75, 3.05) is 0 Å². The number of nitrogens with zero attached hydrogens (tertiary/aromatic N) is 1. The Hall–Kier alpha value is -6.00. The fourth-order valence-corrected chi connectivity index (χ4v) is 10.2. The summed E-state index contributed by atoms with van der Waals surface area (Å²) >= 11 is 3.74. The normalized spacial score (nSPS) is 11.9. The Morgan fingerprint density at radius 3 is 1.55 bits per heavy atom. The number of benzene rings is 8. The fraction of sp³-hybridized carbons (Fsp3) is 0. The van der Waals surface area contributed by atoms with E-state index in [0.717, 1.165) is 5.69 Å². The van der Waals surface area contributed by atoms with Gasteiger partial charge in [-0.1, -0.05) is 109 Å². The van der Waals surface area contributed by atoms with Crippen molar-refractivity contribution in [1.29, 1.82) is 0 Å². The molecule has 0 saturated heterocycles. The molecule has 0 amide bonds. The first-order valence-corrected chi connectivity index (χ1v) is 19.0. The molecule has 1 nitrogen and oxygen atoms in total. The van der Waals surface area contributed by atoms with Gasteiger partial charge in [-0.25, -0.2) is 0 Å². The van der Waals surface area contributed by atoms with E-state index in [1.165, 1.54) is 95.5 Å². The Bertz CT molecular complexity index is 3120. The molecule has 3 heteroatoms. The lowest BCUT2D eigenvalue weighted by atomic mass is 9.93. The molecule has 8 aromatic carbocycles. The SMILES string of the molecule is c1ccc(-c2ccc(-n3c4ccccc4c4c(-c5ccc6sc7ccccc7c6c5)cc(-c5ccc6sc7ccccc7c6c5)cc43)cc2)cc1. The van der Waals surface area contributed by atoms with Gasteiger partial charge in [0, 0.05) is 56.8 Å². The fourth-order valence-electron chi connectivity index (χ4n) is 8.00.